The van der Waals surface area contributed by atoms with Crippen LogP contribution in [0, 0.1) is 13.8 Å². The number of hydrogen-bond donors (Lipinski definition) is 1. The molecule has 15 heavy (non-hydrogen) atoms. The van der Waals surface area contributed by atoms with Gasteiger partial charge in [-0.2, -0.15) is 0 Å². The molecule has 80 valence electrons. The van der Waals surface area contributed by atoms with E-state index < -0.39 is 0 Å². The van der Waals surface area contributed by atoms with E-state index in [0.29, 0.717) is 6.54 Å². The summed E-state index contributed by atoms with van der Waals surface area (Å²) in [5.41, 5.74) is 3.03. The number of carbonyl (C=O) groups is 1. The van der Waals surface area contributed by atoms with Crippen molar-refractivity contribution in [1.82, 2.24) is 10.3 Å². The van der Waals surface area contributed by atoms with Crippen molar-refractivity contribution in [2.75, 3.05) is 24.5 Å². The number of nitrogens with zero attached hydrogens (tertiary/aromatic N) is 2. The van der Waals surface area contributed by atoms with Crippen molar-refractivity contribution in [3.8, 4) is 0 Å². The van der Waals surface area contributed by atoms with Gasteiger partial charge in [0.15, 0.2) is 0 Å². The van der Waals surface area contributed by atoms with Gasteiger partial charge in [-0.15, -0.1) is 0 Å². The van der Waals surface area contributed by atoms with E-state index in [1.165, 1.54) is 0 Å². The van der Waals surface area contributed by atoms with Crippen LogP contribution < -0.4 is 10.2 Å². The van der Waals surface area contributed by atoms with Gasteiger partial charge in [-0.25, -0.2) is 0 Å². The Balaban J connectivity index is 2.31. The smallest absolute Gasteiger partial charge is 0.241 e. The van der Waals surface area contributed by atoms with Crippen molar-refractivity contribution >= 4 is 11.6 Å². The van der Waals surface area contributed by atoms with Crippen molar-refractivity contribution < 1.29 is 4.79 Å². The molecule has 1 aliphatic rings. The van der Waals surface area contributed by atoms with E-state index in [1.807, 2.05) is 19.9 Å². The Morgan fingerprint density at radius 3 is 2.93 bits per heavy atom. The Morgan fingerprint density at radius 1 is 1.47 bits per heavy atom. The van der Waals surface area contributed by atoms with Crippen LogP contribution in [0.15, 0.2) is 12.3 Å². The van der Waals surface area contributed by atoms with Crippen LogP contribution in [0.1, 0.15) is 11.3 Å². The van der Waals surface area contributed by atoms with Crippen LogP contribution in [0.5, 0.6) is 0 Å². The lowest BCUT2D eigenvalue weighted by Gasteiger charge is -2.28. The average Bonchev–Trinajstić information content (AvgIpc) is 2.20. The molecule has 1 aromatic heterocycles. The summed E-state index contributed by atoms with van der Waals surface area (Å²) in [4.78, 5) is 17.7. The second-order valence-corrected chi connectivity index (χ2v) is 3.83. The molecule has 0 saturated carbocycles. The van der Waals surface area contributed by atoms with Gasteiger partial charge >= 0.3 is 0 Å². The van der Waals surface area contributed by atoms with Crippen LogP contribution in [-0.2, 0) is 4.79 Å². The molecule has 0 bridgehead atoms. The molecule has 1 aliphatic heterocycles. The first-order valence-electron chi connectivity index (χ1n) is 5.13. The summed E-state index contributed by atoms with van der Waals surface area (Å²) in [6.45, 7) is 5.96. The molecule has 0 radical (unpaired) electrons. The van der Waals surface area contributed by atoms with Gasteiger partial charge in [0.1, 0.15) is 0 Å². The summed E-state index contributed by atoms with van der Waals surface area (Å²) in [7, 11) is 0. The minimum Gasteiger partial charge on any atom is -0.308 e. The molecular formula is C11H15N3O. The molecule has 1 saturated heterocycles. The normalized spacial score (nSPS) is 16.9. The largest absolute Gasteiger partial charge is 0.308 e. The monoisotopic (exact) mass is 205 g/mol. The predicted octanol–water partition coefficient (Wildman–Crippen LogP) is 0.635. The molecule has 1 amide bonds. The second kappa shape index (κ2) is 3.98. The van der Waals surface area contributed by atoms with E-state index in [4.69, 9.17) is 0 Å². The number of aromatic nitrogens is 1. The van der Waals surface area contributed by atoms with Crippen molar-refractivity contribution in [2.24, 2.45) is 0 Å². The number of hydrogen-bond acceptors (Lipinski definition) is 3. The highest BCUT2D eigenvalue weighted by Crippen LogP contribution is 2.19. The van der Waals surface area contributed by atoms with Crippen LogP contribution in [0.3, 0.4) is 0 Å². The van der Waals surface area contributed by atoms with E-state index in [0.717, 1.165) is 30.0 Å². The quantitative estimate of drug-likeness (QED) is 0.731. The third-order valence-electron chi connectivity index (χ3n) is 2.60. The Labute approximate surface area is 89.3 Å². The van der Waals surface area contributed by atoms with E-state index in [9.17, 15) is 4.79 Å². The summed E-state index contributed by atoms with van der Waals surface area (Å²) >= 11 is 0. The number of pyridine rings is 1. The Bertz CT molecular complexity index is 389. The predicted molar refractivity (Wildman–Crippen MR) is 58.9 cm³/mol. The fourth-order valence-corrected chi connectivity index (χ4v) is 1.83. The zero-order valence-electron chi connectivity index (χ0n) is 9.08. The Morgan fingerprint density at radius 2 is 2.27 bits per heavy atom. The summed E-state index contributed by atoms with van der Waals surface area (Å²) in [5, 5.41) is 3.05. The Hall–Kier alpha value is -1.42. The van der Waals surface area contributed by atoms with Crippen LogP contribution in [-0.4, -0.2) is 30.5 Å². The Kier molecular flexibility index (Phi) is 2.68. The number of nitrogens with one attached hydrogen (secondary N) is 1. The third kappa shape index (κ3) is 1.99. The topological polar surface area (TPSA) is 45.2 Å². The molecule has 0 aromatic carbocycles. The summed E-state index contributed by atoms with van der Waals surface area (Å²) < 4.78 is 0. The highest BCUT2D eigenvalue weighted by molar-refractivity contribution is 5.96. The highest BCUT2D eigenvalue weighted by Gasteiger charge is 2.20. The van der Waals surface area contributed by atoms with Crippen LogP contribution in [0.25, 0.3) is 0 Å². The van der Waals surface area contributed by atoms with Gasteiger partial charge < -0.3 is 10.2 Å². The van der Waals surface area contributed by atoms with Gasteiger partial charge in [0.25, 0.3) is 0 Å². The van der Waals surface area contributed by atoms with Crippen LogP contribution >= 0.6 is 0 Å². The molecule has 0 unspecified atom stereocenters. The van der Waals surface area contributed by atoms with Gasteiger partial charge in [0, 0.05) is 18.8 Å². The maximum absolute atomic E-state index is 11.7. The lowest BCUT2D eigenvalue weighted by Crippen LogP contribution is -2.48. The molecule has 0 spiro atoms. The van der Waals surface area contributed by atoms with E-state index in [-0.39, 0.29) is 5.91 Å². The highest BCUT2D eigenvalue weighted by atomic mass is 16.2. The third-order valence-corrected chi connectivity index (χ3v) is 2.60. The van der Waals surface area contributed by atoms with E-state index in [2.05, 4.69) is 10.3 Å². The molecule has 4 heteroatoms. The molecule has 2 rings (SSSR count). The lowest BCUT2D eigenvalue weighted by atomic mass is 10.2. The molecule has 0 aliphatic carbocycles. The SMILES string of the molecule is Cc1cc(C)c(N2CCNCC2=O)cn1. The molecule has 1 aromatic rings. The van der Waals surface area contributed by atoms with E-state index >= 15 is 0 Å². The molecule has 0 atom stereocenters. The van der Waals surface area contributed by atoms with E-state index in [1.54, 1.807) is 11.1 Å². The van der Waals surface area contributed by atoms with Crippen LogP contribution in [0.2, 0.25) is 0 Å². The first-order chi connectivity index (χ1) is 7.18. The summed E-state index contributed by atoms with van der Waals surface area (Å²) in [6.07, 6.45) is 1.79. The lowest BCUT2D eigenvalue weighted by molar-refractivity contribution is -0.118. The van der Waals surface area contributed by atoms with Gasteiger partial charge in [0.05, 0.1) is 18.4 Å². The number of piperazine rings is 1. The standard InChI is InChI=1S/C11H15N3O/c1-8-5-9(2)13-6-10(8)14-4-3-12-7-11(14)15/h5-6,12H,3-4,7H2,1-2H3. The number of amides is 1. The molecule has 4 nitrogen and oxygen atoms in total. The number of anilines is 1. The summed E-state index contributed by atoms with van der Waals surface area (Å²) in [5.74, 6) is 0.120. The number of aryl methyl sites for hydroxylation is 2. The zero-order valence-corrected chi connectivity index (χ0v) is 9.08. The maximum Gasteiger partial charge on any atom is 0.241 e. The van der Waals surface area contributed by atoms with Crippen LogP contribution in [0.4, 0.5) is 5.69 Å². The second-order valence-electron chi connectivity index (χ2n) is 3.83. The minimum atomic E-state index is 0.120. The molecular weight excluding hydrogens is 190 g/mol. The molecule has 1 fully saturated rings. The first-order valence-corrected chi connectivity index (χ1v) is 5.13. The number of carbonyl (C=O) groups excluding carboxylic acids is 1. The average molecular weight is 205 g/mol. The van der Waals surface area contributed by atoms with Crippen molar-refractivity contribution in [3.05, 3.63) is 23.5 Å². The summed E-state index contributed by atoms with van der Waals surface area (Å²) in [6, 6.07) is 2.00. The zero-order chi connectivity index (χ0) is 10.8. The fourth-order valence-electron chi connectivity index (χ4n) is 1.83. The fraction of sp³-hybridized carbons (Fsp3) is 0.455. The minimum absolute atomic E-state index is 0.120. The first kappa shape index (κ1) is 10.1. The maximum atomic E-state index is 11.7. The van der Waals surface area contributed by atoms with Crippen molar-refractivity contribution in [3.63, 3.8) is 0 Å². The van der Waals surface area contributed by atoms with Gasteiger partial charge in [-0.3, -0.25) is 9.78 Å². The van der Waals surface area contributed by atoms with Gasteiger partial charge in [-0.05, 0) is 25.5 Å². The number of rotatable bonds is 1. The van der Waals surface area contributed by atoms with Gasteiger partial charge in [0.2, 0.25) is 5.91 Å². The molecule has 2 heterocycles. The van der Waals surface area contributed by atoms with Crippen molar-refractivity contribution in [1.29, 1.82) is 0 Å². The molecule has 1 N–H and O–H groups in total. The van der Waals surface area contributed by atoms with Gasteiger partial charge in [-0.1, -0.05) is 0 Å². The van der Waals surface area contributed by atoms with Crippen molar-refractivity contribution in [2.45, 2.75) is 13.8 Å².